The van der Waals surface area contributed by atoms with E-state index in [0.717, 1.165) is 42.7 Å². The van der Waals surface area contributed by atoms with Crippen molar-refractivity contribution >= 4 is 29.9 Å². The van der Waals surface area contributed by atoms with Gasteiger partial charge >= 0.3 is 0 Å². The highest BCUT2D eigenvalue weighted by molar-refractivity contribution is 14.0. The summed E-state index contributed by atoms with van der Waals surface area (Å²) >= 11 is 0. The molecule has 1 aromatic heterocycles. The van der Waals surface area contributed by atoms with Gasteiger partial charge in [-0.2, -0.15) is 5.10 Å². The van der Waals surface area contributed by atoms with E-state index < -0.39 is 0 Å². The third-order valence-corrected chi connectivity index (χ3v) is 4.31. The molecule has 2 aromatic rings. The minimum atomic E-state index is -0.0195. The highest BCUT2D eigenvalue weighted by Gasteiger charge is 2.20. The molecule has 2 atom stereocenters. The number of nitrogens with one attached hydrogen (secondary N) is 2. The van der Waals surface area contributed by atoms with Crippen LogP contribution < -0.4 is 20.1 Å². The van der Waals surface area contributed by atoms with Crippen LogP contribution in [0.5, 0.6) is 11.5 Å². The Balaban J connectivity index is 0.00000261. The van der Waals surface area contributed by atoms with Crippen LogP contribution in [-0.2, 0) is 13.0 Å². The molecule has 2 N–H and O–H groups in total. The summed E-state index contributed by atoms with van der Waals surface area (Å²) in [6.07, 6.45) is 3.52. The van der Waals surface area contributed by atoms with E-state index >= 15 is 0 Å². The van der Waals surface area contributed by atoms with E-state index in [9.17, 15) is 0 Å². The number of hydrogen-bond donors (Lipinski definition) is 2. The number of aliphatic imine (C=N–C) groups is 1. The van der Waals surface area contributed by atoms with E-state index in [1.807, 2.05) is 35.9 Å². The van der Waals surface area contributed by atoms with Crippen LogP contribution in [0.15, 0.2) is 35.6 Å². The first-order valence-corrected chi connectivity index (χ1v) is 8.82. The molecular formula is C18H27IN6O2. The molecule has 0 spiro atoms. The van der Waals surface area contributed by atoms with Crippen molar-refractivity contribution in [1.82, 2.24) is 25.4 Å². The van der Waals surface area contributed by atoms with Crippen molar-refractivity contribution in [2.75, 3.05) is 20.7 Å². The van der Waals surface area contributed by atoms with Gasteiger partial charge in [-0.05, 0) is 25.5 Å². The minimum absolute atomic E-state index is 0. The lowest BCUT2D eigenvalue weighted by Crippen LogP contribution is -2.48. The normalized spacial score (nSPS) is 17.3. The van der Waals surface area contributed by atoms with Crippen LogP contribution in [0.4, 0.5) is 0 Å². The lowest BCUT2D eigenvalue weighted by atomic mass is 10.1. The van der Waals surface area contributed by atoms with Crippen LogP contribution in [0.25, 0.3) is 0 Å². The highest BCUT2D eigenvalue weighted by atomic mass is 127. The molecule has 0 amide bonds. The predicted octanol–water partition coefficient (Wildman–Crippen LogP) is 1.85. The number of benzene rings is 1. The molecule has 1 aliphatic rings. The molecule has 0 bridgehead atoms. The van der Waals surface area contributed by atoms with E-state index in [0.29, 0.717) is 6.54 Å². The average Bonchev–Trinajstić information content (AvgIpc) is 3.13. The average molecular weight is 486 g/mol. The van der Waals surface area contributed by atoms with Crippen LogP contribution in [-0.4, -0.2) is 53.6 Å². The van der Waals surface area contributed by atoms with Gasteiger partial charge in [0.1, 0.15) is 29.8 Å². The van der Waals surface area contributed by atoms with Gasteiger partial charge in [-0.3, -0.25) is 4.99 Å². The number of halogens is 1. The van der Waals surface area contributed by atoms with Crippen molar-refractivity contribution in [3.8, 4) is 11.5 Å². The van der Waals surface area contributed by atoms with Gasteiger partial charge in [-0.15, -0.1) is 24.0 Å². The SMILES string of the molecule is CN=C(NCC(C)Oc1cccc(OC)c1)NC1CCc2ncnn2C1.I. The molecule has 148 valence electrons. The van der Waals surface area contributed by atoms with Crippen molar-refractivity contribution in [3.05, 3.63) is 36.4 Å². The molecule has 2 heterocycles. The number of methoxy groups -OCH3 is 1. The molecule has 0 saturated heterocycles. The fraction of sp³-hybridized carbons (Fsp3) is 0.500. The number of rotatable bonds is 6. The number of nitrogens with zero attached hydrogens (tertiary/aromatic N) is 4. The first-order valence-electron chi connectivity index (χ1n) is 8.82. The van der Waals surface area contributed by atoms with Crippen molar-refractivity contribution in [1.29, 1.82) is 0 Å². The number of aromatic nitrogens is 3. The first kappa shape index (κ1) is 21.3. The topological polar surface area (TPSA) is 85.6 Å². The zero-order valence-electron chi connectivity index (χ0n) is 15.9. The summed E-state index contributed by atoms with van der Waals surface area (Å²) in [5.41, 5.74) is 0. The molecule has 1 aromatic carbocycles. The molecule has 1 aliphatic heterocycles. The summed E-state index contributed by atoms with van der Waals surface area (Å²) in [6.45, 7) is 3.45. The van der Waals surface area contributed by atoms with Crippen LogP contribution in [0.1, 0.15) is 19.2 Å². The molecule has 27 heavy (non-hydrogen) atoms. The smallest absolute Gasteiger partial charge is 0.191 e. The summed E-state index contributed by atoms with van der Waals surface area (Å²) in [6, 6.07) is 7.89. The second-order valence-corrected chi connectivity index (χ2v) is 6.30. The van der Waals surface area contributed by atoms with Gasteiger partial charge in [0.2, 0.25) is 0 Å². The zero-order valence-corrected chi connectivity index (χ0v) is 18.2. The molecule has 0 fully saturated rings. The van der Waals surface area contributed by atoms with E-state index in [1.165, 1.54) is 0 Å². The number of guanidine groups is 1. The Morgan fingerprint density at radius 2 is 2.22 bits per heavy atom. The molecule has 2 unspecified atom stereocenters. The van der Waals surface area contributed by atoms with Crippen molar-refractivity contribution in [2.24, 2.45) is 4.99 Å². The van der Waals surface area contributed by atoms with Crippen molar-refractivity contribution < 1.29 is 9.47 Å². The molecule has 3 rings (SSSR count). The Kier molecular flexibility index (Phi) is 8.14. The van der Waals surface area contributed by atoms with Gasteiger partial charge in [0, 0.05) is 25.6 Å². The molecule has 0 aliphatic carbocycles. The Morgan fingerprint density at radius 1 is 1.41 bits per heavy atom. The highest BCUT2D eigenvalue weighted by Crippen LogP contribution is 2.19. The Hall–Kier alpha value is -2.04. The quantitative estimate of drug-likeness (QED) is 0.369. The van der Waals surface area contributed by atoms with Gasteiger partial charge in [0.15, 0.2) is 5.96 Å². The molecule has 8 nitrogen and oxygen atoms in total. The third kappa shape index (κ3) is 5.98. The van der Waals surface area contributed by atoms with Gasteiger partial charge in [-0.25, -0.2) is 9.67 Å². The minimum Gasteiger partial charge on any atom is -0.497 e. The van der Waals surface area contributed by atoms with Crippen molar-refractivity contribution in [3.63, 3.8) is 0 Å². The van der Waals surface area contributed by atoms with Gasteiger partial charge in [0.05, 0.1) is 20.2 Å². The monoisotopic (exact) mass is 486 g/mol. The number of fused-ring (bicyclic) bond motifs is 1. The zero-order chi connectivity index (χ0) is 18.4. The molecular weight excluding hydrogens is 459 g/mol. The summed E-state index contributed by atoms with van der Waals surface area (Å²) in [4.78, 5) is 8.56. The van der Waals surface area contributed by atoms with E-state index in [1.54, 1.807) is 20.5 Å². The maximum atomic E-state index is 5.93. The van der Waals surface area contributed by atoms with Crippen LogP contribution in [0.2, 0.25) is 0 Å². The number of ether oxygens (including phenoxy) is 2. The number of aryl methyl sites for hydroxylation is 1. The maximum Gasteiger partial charge on any atom is 0.191 e. The van der Waals surface area contributed by atoms with Gasteiger partial charge in [-0.1, -0.05) is 6.07 Å². The van der Waals surface area contributed by atoms with Crippen LogP contribution in [0.3, 0.4) is 0 Å². The summed E-state index contributed by atoms with van der Waals surface area (Å²) < 4.78 is 13.1. The number of hydrogen-bond acceptors (Lipinski definition) is 5. The van der Waals surface area contributed by atoms with E-state index in [-0.39, 0.29) is 36.1 Å². The van der Waals surface area contributed by atoms with Crippen LogP contribution >= 0.6 is 24.0 Å². The van der Waals surface area contributed by atoms with Crippen molar-refractivity contribution in [2.45, 2.75) is 38.5 Å². The van der Waals surface area contributed by atoms with Crippen LogP contribution in [0, 0.1) is 0 Å². The largest absolute Gasteiger partial charge is 0.497 e. The predicted molar refractivity (Wildman–Crippen MR) is 115 cm³/mol. The maximum absolute atomic E-state index is 5.93. The third-order valence-electron chi connectivity index (χ3n) is 4.31. The van der Waals surface area contributed by atoms with Gasteiger partial charge < -0.3 is 20.1 Å². The van der Waals surface area contributed by atoms with E-state index in [4.69, 9.17) is 9.47 Å². The Bertz CT molecular complexity index is 751. The van der Waals surface area contributed by atoms with Gasteiger partial charge in [0.25, 0.3) is 0 Å². The first-order chi connectivity index (χ1) is 12.7. The second-order valence-electron chi connectivity index (χ2n) is 6.30. The summed E-state index contributed by atoms with van der Waals surface area (Å²) in [5.74, 6) is 3.38. The molecule has 0 saturated carbocycles. The summed E-state index contributed by atoms with van der Waals surface area (Å²) in [5, 5.41) is 11.0. The summed E-state index contributed by atoms with van der Waals surface area (Å²) in [7, 11) is 3.42. The Labute approximate surface area is 176 Å². The molecule has 0 radical (unpaired) electrons. The second kappa shape index (κ2) is 10.3. The standard InChI is InChI=1S/C18H26N6O2.HI/c1-13(26-16-6-4-5-15(9-16)25-3)10-20-18(19-2)23-14-7-8-17-21-12-22-24(17)11-14;/h4-6,9,12-14H,7-8,10-11H2,1-3H3,(H2,19,20,23);1H. The lowest BCUT2D eigenvalue weighted by Gasteiger charge is -2.26. The lowest BCUT2D eigenvalue weighted by molar-refractivity contribution is 0.222. The fourth-order valence-corrected chi connectivity index (χ4v) is 2.93. The molecule has 9 heteroatoms. The van der Waals surface area contributed by atoms with E-state index in [2.05, 4.69) is 25.7 Å². The Morgan fingerprint density at radius 3 is 3.00 bits per heavy atom. The fourth-order valence-electron chi connectivity index (χ4n) is 2.93.